The predicted molar refractivity (Wildman–Crippen MR) is 145 cm³/mol. The van der Waals surface area contributed by atoms with Gasteiger partial charge in [-0.15, -0.1) is 0 Å². The van der Waals surface area contributed by atoms with Gasteiger partial charge in [-0.3, -0.25) is 9.59 Å². The van der Waals surface area contributed by atoms with Crippen molar-refractivity contribution in [2.75, 3.05) is 41.7 Å². The van der Waals surface area contributed by atoms with Crippen LogP contribution in [-0.2, 0) is 19.4 Å². The summed E-state index contributed by atoms with van der Waals surface area (Å²) >= 11 is 0. The molecule has 37 heavy (non-hydrogen) atoms. The van der Waals surface area contributed by atoms with Crippen molar-refractivity contribution in [1.82, 2.24) is 4.90 Å². The molecule has 1 saturated heterocycles. The van der Waals surface area contributed by atoms with Gasteiger partial charge in [0.2, 0.25) is 15.7 Å². The second-order valence-corrected chi connectivity index (χ2v) is 11.0. The Kier molecular flexibility index (Phi) is 6.47. The summed E-state index contributed by atoms with van der Waals surface area (Å²) in [5.41, 5.74) is 3.93. The molecule has 8 nitrogen and oxygen atoms in total. The summed E-state index contributed by atoms with van der Waals surface area (Å²) in [4.78, 5) is 28.7. The van der Waals surface area contributed by atoms with Gasteiger partial charge in [0.05, 0.1) is 10.6 Å². The average molecular weight is 517 g/mol. The maximum atomic E-state index is 13.4. The smallest absolute Gasteiger partial charge is 0.269 e. The van der Waals surface area contributed by atoms with Crippen LogP contribution in [0.25, 0.3) is 5.70 Å². The topological polar surface area (TPSA) is 98.8 Å². The number of carbonyl (C=O) groups excluding carboxylic acids is 2. The molecule has 0 unspecified atom stereocenters. The van der Waals surface area contributed by atoms with E-state index >= 15 is 0 Å². The molecular weight excluding hydrogens is 488 g/mol. The first kappa shape index (κ1) is 24.6. The van der Waals surface area contributed by atoms with Crippen LogP contribution in [0.15, 0.2) is 82.6 Å². The number of hydrogen-bond acceptors (Lipinski definition) is 6. The molecule has 2 aliphatic rings. The highest BCUT2D eigenvalue weighted by Gasteiger charge is 2.40. The van der Waals surface area contributed by atoms with Gasteiger partial charge in [-0.1, -0.05) is 35.9 Å². The molecule has 3 aromatic rings. The van der Waals surface area contributed by atoms with E-state index in [1.807, 2.05) is 48.2 Å². The lowest BCUT2D eigenvalue weighted by atomic mass is 10.1. The van der Waals surface area contributed by atoms with Gasteiger partial charge in [0.1, 0.15) is 0 Å². The Morgan fingerprint density at radius 3 is 2.08 bits per heavy atom. The summed E-state index contributed by atoms with van der Waals surface area (Å²) < 4.78 is 26.8. The number of piperazine rings is 1. The number of sulfone groups is 1. The lowest BCUT2D eigenvalue weighted by molar-refractivity contribution is -0.129. The number of carbonyl (C=O) groups is 2. The van der Waals surface area contributed by atoms with Gasteiger partial charge in [0, 0.05) is 55.7 Å². The minimum atomic E-state index is -4.02. The molecule has 2 aliphatic heterocycles. The maximum Gasteiger partial charge on any atom is 0.269 e. The van der Waals surface area contributed by atoms with Gasteiger partial charge in [0.25, 0.3) is 5.91 Å². The molecule has 2 amide bonds. The highest BCUT2D eigenvalue weighted by Crippen LogP contribution is 2.40. The van der Waals surface area contributed by atoms with Crippen molar-refractivity contribution in [3.63, 3.8) is 0 Å². The molecule has 2 N–H and O–H groups in total. The Labute approximate surface area is 216 Å². The van der Waals surface area contributed by atoms with Crippen molar-refractivity contribution in [3.8, 4) is 0 Å². The van der Waals surface area contributed by atoms with Gasteiger partial charge in [-0.05, 0) is 49.4 Å². The van der Waals surface area contributed by atoms with E-state index in [0.29, 0.717) is 30.0 Å². The number of nitrogens with one attached hydrogen (secondary N) is 2. The van der Waals surface area contributed by atoms with E-state index < -0.39 is 15.7 Å². The number of aryl methyl sites for hydroxylation is 1. The Morgan fingerprint density at radius 2 is 1.43 bits per heavy atom. The quantitative estimate of drug-likeness (QED) is 0.534. The van der Waals surface area contributed by atoms with Crippen LogP contribution in [0, 0.1) is 6.92 Å². The summed E-state index contributed by atoms with van der Waals surface area (Å²) in [5, 5.41) is 5.93. The summed E-state index contributed by atoms with van der Waals surface area (Å²) in [5.74, 6) is -0.607. The summed E-state index contributed by atoms with van der Waals surface area (Å²) in [6.45, 7) is 6.36. The molecule has 0 aromatic heterocycles. The fourth-order valence-corrected chi connectivity index (χ4v) is 6.30. The molecule has 0 saturated carbocycles. The molecule has 9 heteroatoms. The number of hydrogen-bond donors (Lipinski definition) is 2. The number of rotatable bonds is 5. The Balaban J connectivity index is 1.43. The Hall–Kier alpha value is -4.11. The van der Waals surface area contributed by atoms with Crippen LogP contribution in [-0.4, -0.2) is 51.3 Å². The van der Waals surface area contributed by atoms with E-state index in [1.165, 1.54) is 6.07 Å². The second-order valence-electron chi connectivity index (χ2n) is 9.19. The molecular formula is C28H28N4O4S. The summed E-state index contributed by atoms with van der Waals surface area (Å²) in [7, 11) is -4.02. The third-order valence-corrected chi connectivity index (χ3v) is 8.55. The minimum Gasteiger partial charge on any atom is -0.368 e. The average Bonchev–Trinajstić information content (AvgIpc) is 3.12. The predicted octanol–water partition coefficient (Wildman–Crippen LogP) is 3.87. The van der Waals surface area contributed by atoms with Crippen molar-refractivity contribution >= 4 is 44.4 Å². The summed E-state index contributed by atoms with van der Waals surface area (Å²) in [6.07, 6.45) is 0. The van der Waals surface area contributed by atoms with Crippen molar-refractivity contribution in [2.45, 2.75) is 18.7 Å². The second kappa shape index (κ2) is 9.74. The Morgan fingerprint density at radius 1 is 0.811 bits per heavy atom. The van der Waals surface area contributed by atoms with E-state index in [1.54, 1.807) is 37.3 Å². The van der Waals surface area contributed by atoms with Gasteiger partial charge in [0.15, 0.2) is 4.91 Å². The molecule has 2 heterocycles. The molecule has 190 valence electrons. The standard InChI is InChI=1S/C28H28N4O4S/c1-19-7-9-22(10-8-19)30-28(34)27-26(24-5-3-4-6-25(24)37(27,35)36)29-21-11-13-23(14-12-21)32-17-15-31(16-18-32)20(2)33/h3-14,29H,15-18H2,1-2H3,(H,30,34). The zero-order valence-electron chi connectivity index (χ0n) is 20.7. The highest BCUT2D eigenvalue weighted by atomic mass is 32.2. The van der Waals surface area contributed by atoms with Crippen molar-refractivity contribution < 1.29 is 18.0 Å². The van der Waals surface area contributed by atoms with Crippen molar-refractivity contribution in [1.29, 1.82) is 0 Å². The lowest BCUT2D eigenvalue weighted by Gasteiger charge is -2.35. The van der Waals surface area contributed by atoms with E-state index in [4.69, 9.17) is 0 Å². The molecule has 5 rings (SSSR count). The molecule has 0 aliphatic carbocycles. The van der Waals surface area contributed by atoms with E-state index in [-0.39, 0.29) is 21.4 Å². The monoisotopic (exact) mass is 516 g/mol. The first-order valence-corrected chi connectivity index (χ1v) is 13.6. The summed E-state index contributed by atoms with van der Waals surface area (Å²) in [6, 6.07) is 21.4. The number of amides is 2. The van der Waals surface area contributed by atoms with Crippen LogP contribution < -0.4 is 15.5 Å². The highest BCUT2D eigenvalue weighted by molar-refractivity contribution is 7.97. The third kappa shape index (κ3) is 4.82. The van der Waals surface area contributed by atoms with Crippen LogP contribution in [0.4, 0.5) is 17.1 Å². The number of benzene rings is 3. The zero-order chi connectivity index (χ0) is 26.2. The van der Waals surface area contributed by atoms with Crippen LogP contribution in [0.3, 0.4) is 0 Å². The van der Waals surface area contributed by atoms with E-state index in [2.05, 4.69) is 15.5 Å². The zero-order valence-corrected chi connectivity index (χ0v) is 21.5. The SMILES string of the molecule is CC(=O)N1CCN(c2ccc(NC3=C(C(=O)Nc4ccc(C)cc4)S(=O)(=O)c4ccccc43)cc2)CC1. The van der Waals surface area contributed by atoms with Crippen LogP contribution in [0.1, 0.15) is 18.1 Å². The third-order valence-electron chi connectivity index (χ3n) is 6.68. The maximum absolute atomic E-state index is 13.4. The number of nitrogens with zero attached hydrogens (tertiary/aromatic N) is 2. The largest absolute Gasteiger partial charge is 0.368 e. The fourth-order valence-electron chi connectivity index (χ4n) is 4.64. The molecule has 3 aromatic carbocycles. The Bertz CT molecular complexity index is 1490. The van der Waals surface area contributed by atoms with Gasteiger partial charge < -0.3 is 20.4 Å². The molecule has 0 radical (unpaired) electrons. The van der Waals surface area contributed by atoms with Crippen molar-refractivity contribution in [3.05, 3.63) is 88.8 Å². The van der Waals surface area contributed by atoms with Crippen LogP contribution in [0.5, 0.6) is 0 Å². The van der Waals surface area contributed by atoms with Gasteiger partial charge in [-0.25, -0.2) is 8.42 Å². The molecule has 0 atom stereocenters. The van der Waals surface area contributed by atoms with Crippen molar-refractivity contribution in [2.24, 2.45) is 0 Å². The van der Waals surface area contributed by atoms with Gasteiger partial charge >= 0.3 is 0 Å². The first-order valence-electron chi connectivity index (χ1n) is 12.1. The lowest BCUT2D eigenvalue weighted by Crippen LogP contribution is -2.48. The van der Waals surface area contributed by atoms with E-state index in [9.17, 15) is 18.0 Å². The molecule has 1 fully saturated rings. The first-order chi connectivity index (χ1) is 17.7. The van der Waals surface area contributed by atoms with E-state index in [0.717, 1.165) is 24.3 Å². The van der Waals surface area contributed by atoms with Gasteiger partial charge in [-0.2, -0.15) is 0 Å². The number of anilines is 3. The number of fused-ring (bicyclic) bond motifs is 1. The van der Waals surface area contributed by atoms with Crippen LogP contribution in [0.2, 0.25) is 0 Å². The molecule has 0 spiro atoms. The normalized spacial score (nSPS) is 16.4. The molecule has 0 bridgehead atoms. The minimum absolute atomic E-state index is 0.0847. The fraction of sp³-hybridized carbons (Fsp3) is 0.214. The van der Waals surface area contributed by atoms with Crippen LogP contribution >= 0.6 is 0 Å².